The lowest BCUT2D eigenvalue weighted by Crippen LogP contribution is -2.54. The zero-order chi connectivity index (χ0) is 14.8. The molecule has 1 aliphatic rings. The summed E-state index contributed by atoms with van der Waals surface area (Å²) in [5.41, 5.74) is 6.55. The molecule has 0 aliphatic carbocycles. The van der Waals surface area contributed by atoms with Gasteiger partial charge in [-0.15, -0.1) is 0 Å². The summed E-state index contributed by atoms with van der Waals surface area (Å²) in [5.74, 6) is -0.553. The van der Waals surface area contributed by atoms with E-state index in [1.807, 2.05) is 6.92 Å². The van der Waals surface area contributed by atoms with Crippen molar-refractivity contribution in [3.63, 3.8) is 0 Å². The maximum absolute atomic E-state index is 12.4. The van der Waals surface area contributed by atoms with Gasteiger partial charge in [0.05, 0.1) is 5.54 Å². The minimum Gasteiger partial charge on any atom is -0.366 e. The highest BCUT2D eigenvalue weighted by Crippen LogP contribution is 2.23. The molecule has 1 aromatic rings. The van der Waals surface area contributed by atoms with Gasteiger partial charge in [0, 0.05) is 11.3 Å². The van der Waals surface area contributed by atoms with Crippen molar-refractivity contribution in [2.45, 2.75) is 38.6 Å². The number of nitrogens with two attached hydrogens (primary N) is 1. The molecule has 1 heterocycles. The van der Waals surface area contributed by atoms with Crippen LogP contribution in [0.3, 0.4) is 0 Å². The second-order valence-corrected chi connectivity index (χ2v) is 5.51. The normalized spacial score (nSPS) is 22.3. The molecule has 1 aromatic carbocycles. The zero-order valence-electron chi connectivity index (χ0n) is 12.0. The quantitative estimate of drug-likeness (QED) is 0.782. The van der Waals surface area contributed by atoms with Gasteiger partial charge in [0.25, 0.3) is 0 Å². The Labute approximate surface area is 118 Å². The first kappa shape index (κ1) is 14.5. The summed E-state index contributed by atoms with van der Waals surface area (Å²) in [6.07, 6.45) is 2.95. The fourth-order valence-electron chi connectivity index (χ4n) is 2.55. The van der Waals surface area contributed by atoms with E-state index in [2.05, 4.69) is 10.6 Å². The number of hydrogen-bond acceptors (Lipinski definition) is 3. The van der Waals surface area contributed by atoms with Gasteiger partial charge in [-0.3, -0.25) is 9.59 Å². The second kappa shape index (κ2) is 5.63. The summed E-state index contributed by atoms with van der Waals surface area (Å²) >= 11 is 0. The van der Waals surface area contributed by atoms with Crippen LogP contribution in [0.2, 0.25) is 0 Å². The molecule has 2 rings (SSSR count). The van der Waals surface area contributed by atoms with Crippen LogP contribution in [0.1, 0.15) is 42.1 Å². The third kappa shape index (κ3) is 2.82. The van der Waals surface area contributed by atoms with Crippen molar-refractivity contribution in [3.8, 4) is 0 Å². The molecule has 0 bridgehead atoms. The number of carbonyl (C=O) groups excluding carboxylic acids is 2. The van der Waals surface area contributed by atoms with E-state index in [1.54, 1.807) is 25.1 Å². The molecule has 2 amide bonds. The van der Waals surface area contributed by atoms with Gasteiger partial charge in [-0.1, -0.05) is 6.07 Å². The van der Waals surface area contributed by atoms with Crippen LogP contribution in [0.15, 0.2) is 18.2 Å². The Kier molecular flexibility index (Phi) is 4.09. The van der Waals surface area contributed by atoms with E-state index in [-0.39, 0.29) is 5.91 Å². The van der Waals surface area contributed by atoms with Gasteiger partial charge in [0.1, 0.15) is 0 Å². The summed E-state index contributed by atoms with van der Waals surface area (Å²) < 4.78 is 0. The molecular weight excluding hydrogens is 254 g/mol. The lowest BCUT2D eigenvalue weighted by atomic mass is 9.90. The molecule has 1 saturated heterocycles. The Balaban J connectivity index is 2.19. The molecule has 0 saturated carbocycles. The molecule has 108 valence electrons. The van der Waals surface area contributed by atoms with Crippen LogP contribution >= 0.6 is 0 Å². The van der Waals surface area contributed by atoms with E-state index in [4.69, 9.17) is 5.73 Å². The van der Waals surface area contributed by atoms with E-state index >= 15 is 0 Å². The van der Waals surface area contributed by atoms with Crippen molar-refractivity contribution >= 4 is 17.5 Å². The van der Waals surface area contributed by atoms with Crippen LogP contribution in [-0.4, -0.2) is 23.9 Å². The van der Waals surface area contributed by atoms with Crippen molar-refractivity contribution in [3.05, 3.63) is 29.3 Å². The zero-order valence-corrected chi connectivity index (χ0v) is 12.0. The second-order valence-electron chi connectivity index (χ2n) is 5.51. The summed E-state index contributed by atoms with van der Waals surface area (Å²) in [6.45, 7) is 4.55. The highest BCUT2D eigenvalue weighted by atomic mass is 16.2. The number of primary amides is 1. The Hall–Kier alpha value is -1.88. The third-order valence-electron chi connectivity index (χ3n) is 3.97. The number of anilines is 1. The first-order valence-electron chi connectivity index (χ1n) is 6.90. The average molecular weight is 275 g/mol. The number of hydrogen-bond donors (Lipinski definition) is 3. The summed E-state index contributed by atoms with van der Waals surface area (Å²) in [7, 11) is 0. The van der Waals surface area contributed by atoms with Crippen LogP contribution in [0.4, 0.5) is 5.69 Å². The largest absolute Gasteiger partial charge is 0.366 e. The van der Waals surface area contributed by atoms with Gasteiger partial charge >= 0.3 is 0 Å². The maximum atomic E-state index is 12.4. The van der Waals surface area contributed by atoms with Crippen LogP contribution in [-0.2, 0) is 4.79 Å². The topological polar surface area (TPSA) is 84.2 Å². The smallest absolute Gasteiger partial charge is 0.249 e. The molecule has 4 N–H and O–H groups in total. The monoisotopic (exact) mass is 275 g/mol. The molecule has 0 spiro atoms. The predicted octanol–water partition coefficient (Wildman–Crippen LogP) is 1.56. The SMILES string of the molecule is Cc1c(NC(=O)C2(C)CCCCN2)cccc1C(N)=O. The Bertz CT molecular complexity index is 534. The van der Waals surface area contributed by atoms with Crippen LogP contribution in [0.25, 0.3) is 0 Å². The molecule has 1 atom stereocenters. The molecule has 1 fully saturated rings. The van der Waals surface area contributed by atoms with Crippen LogP contribution in [0.5, 0.6) is 0 Å². The van der Waals surface area contributed by atoms with Crippen molar-refractivity contribution in [1.29, 1.82) is 0 Å². The van der Waals surface area contributed by atoms with Gasteiger partial charge in [-0.25, -0.2) is 0 Å². The molecule has 5 heteroatoms. The molecular formula is C15H21N3O2. The van der Waals surface area contributed by atoms with Crippen molar-refractivity contribution < 1.29 is 9.59 Å². The standard InChI is InChI=1S/C15H21N3O2/c1-10-11(13(16)19)6-5-7-12(10)18-14(20)15(2)8-3-4-9-17-15/h5-7,17H,3-4,8-9H2,1-2H3,(H2,16,19)(H,18,20). The van der Waals surface area contributed by atoms with Gasteiger partial charge in [0.15, 0.2) is 0 Å². The Morgan fingerprint density at radius 3 is 2.70 bits per heavy atom. The van der Waals surface area contributed by atoms with Crippen LogP contribution < -0.4 is 16.4 Å². The van der Waals surface area contributed by atoms with Crippen molar-refractivity contribution in [1.82, 2.24) is 5.32 Å². The Morgan fingerprint density at radius 2 is 2.10 bits per heavy atom. The minimum absolute atomic E-state index is 0.0677. The van der Waals surface area contributed by atoms with E-state index in [1.165, 1.54) is 0 Å². The number of benzene rings is 1. The predicted molar refractivity (Wildman–Crippen MR) is 78.6 cm³/mol. The molecule has 0 aromatic heterocycles. The fourth-order valence-corrected chi connectivity index (χ4v) is 2.55. The number of nitrogens with one attached hydrogen (secondary N) is 2. The molecule has 20 heavy (non-hydrogen) atoms. The van der Waals surface area contributed by atoms with Crippen LogP contribution in [0, 0.1) is 6.92 Å². The number of rotatable bonds is 3. The van der Waals surface area contributed by atoms with E-state index < -0.39 is 11.4 Å². The van der Waals surface area contributed by atoms with Crippen molar-refractivity contribution in [2.24, 2.45) is 5.73 Å². The lowest BCUT2D eigenvalue weighted by Gasteiger charge is -2.33. The lowest BCUT2D eigenvalue weighted by molar-refractivity contribution is -0.122. The van der Waals surface area contributed by atoms with Gasteiger partial charge in [-0.05, 0) is 57.4 Å². The Morgan fingerprint density at radius 1 is 1.35 bits per heavy atom. The first-order chi connectivity index (χ1) is 9.44. The number of carbonyl (C=O) groups is 2. The van der Waals surface area contributed by atoms with Gasteiger partial charge < -0.3 is 16.4 Å². The highest BCUT2D eigenvalue weighted by molar-refractivity contribution is 6.01. The summed E-state index contributed by atoms with van der Waals surface area (Å²) in [5, 5.41) is 6.18. The molecule has 1 aliphatic heterocycles. The minimum atomic E-state index is -0.548. The van der Waals surface area contributed by atoms with Crippen molar-refractivity contribution in [2.75, 3.05) is 11.9 Å². The molecule has 1 unspecified atom stereocenters. The number of piperidine rings is 1. The van der Waals surface area contributed by atoms with E-state index in [9.17, 15) is 9.59 Å². The van der Waals surface area contributed by atoms with E-state index in [0.29, 0.717) is 16.8 Å². The van der Waals surface area contributed by atoms with E-state index in [0.717, 1.165) is 25.8 Å². The summed E-state index contributed by atoms with van der Waals surface area (Å²) in [4.78, 5) is 23.8. The molecule has 5 nitrogen and oxygen atoms in total. The first-order valence-corrected chi connectivity index (χ1v) is 6.90. The molecule has 0 radical (unpaired) electrons. The highest BCUT2D eigenvalue weighted by Gasteiger charge is 2.34. The third-order valence-corrected chi connectivity index (χ3v) is 3.97. The maximum Gasteiger partial charge on any atom is 0.249 e. The average Bonchev–Trinajstić information content (AvgIpc) is 2.41. The fraction of sp³-hybridized carbons (Fsp3) is 0.467. The summed E-state index contributed by atoms with van der Waals surface area (Å²) in [6, 6.07) is 5.17. The van der Waals surface area contributed by atoms with Gasteiger partial charge in [-0.2, -0.15) is 0 Å². The van der Waals surface area contributed by atoms with Gasteiger partial charge in [0.2, 0.25) is 11.8 Å². The number of amides is 2.